The number of guanidine groups is 1. The molecule has 22 heavy (non-hydrogen) atoms. The van der Waals surface area contributed by atoms with Gasteiger partial charge in [-0.05, 0) is 25.0 Å². The van der Waals surface area contributed by atoms with E-state index in [1.54, 1.807) is 6.26 Å². The molecular weight excluding hydrogens is 298 g/mol. The molecule has 0 aliphatic carbocycles. The molecule has 2 rings (SSSR count). The van der Waals surface area contributed by atoms with Crippen LogP contribution < -0.4 is 5.32 Å². The van der Waals surface area contributed by atoms with Gasteiger partial charge in [-0.2, -0.15) is 11.8 Å². The van der Waals surface area contributed by atoms with E-state index in [-0.39, 0.29) is 0 Å². The van der Waals surface area contributed by atoms with Crippen molar-refractivity contribution < 1.29 is 9.15 Å². The molecule has 0 amide bonds. The summed E-state index contributed by atoms with van der Waals surface area (Å²) < 4.78 is 10.8. The van der Waals surface area contributed by atoms with E-state index >= 15 is 0 Å². The van der Waals surface area contributed by atoms with Crippen molar-refractivity contribution in [2.24, 2.45) is 4.99 Å². The number of furan rings is 1. The topological polar surface area (TPSA) is 50.0 Å². The third kappa shape index (κ3) is 5.57. The third-order valence-corrected chi connectivity index (χ3v) is 5.05. The van der Waals surface area contributed by atoms with Crippen LogP contribution in [0.25, 0.3) is 0 Å². The van der Waals surface area contributed by atoms with Crippen molar-refractivity contribution in [3.05, 3.63) is 24.2 Å². The summed E-state index contributed by atoms with van der Waals surface area (Å²) in [6, 6.07) is 3.81. The van der Waals surface area contributed by atoms with Gasteiger partial charge in [0.25, 0.3) is 0 Å². The predicted molar refractivity (Wildman–Crippen MR) is 92.5 cm³/mol. The smallest absolute Gasteiger partial charge is 0.193 e. The molecule has 1 aromatic rings. The van der Waals surface area contributed by atoms with Crippen LogP contribution in [-0.2, 0) is 11.3 Å². The van der Waals surface area contributed by atoms with Gasteiger partial charge in [-0.15, -0.1) is 0 Å². The molecule has 0 radical (unpaired) electrons. The second-order valence-corrected chi connectivity index (χ2v) is 6.71. The number of hydrogen-bond donors (Lipinski definition) is 1. The molecule has 1 aliphatic rings. The summed E-state index contributed by atoms with van der Waals surface area (Å²) in [5, 5.41) is 4.17. The van der Waals surface area contributed by atoms with Crippen molar-refractivity contribution in [3.63, 3.8) is 0 Å². The van der Waals surface area contributed by atoms with Gasteiger partial charge < -0.3 is 19.4 Å². The molecule has 1 N–H and O–H groups in total. The summed E-state index contributed by atoms with van der Waals surface area (Å²) in [6.07, 6.45) is 3.85. The molecule has 0 saturated carbocycles. The summed E-state index contributed by atoms with van der Waals surface area (Å²) in [6.45, 7) is 6.58. The second kappa shape index (κ2) is 9.79. The fraction of sp³-hybridized carbons (Fsp3) is 0.688. The summed E-state index contributed by atoms with van der Waals surface area (Å²) in [7, 11) is 1.86. The first kappa shape index (κ1) is 17.2. The Kier molecular flexibility index (Phi) is 7.66. The maximum Gasteiger partial charge on any atom is 0.193 e. The Bertz CT molecular complexity index is 437. The monoisotopic (exact) mass is 325 g/mol. The highest BCUT2D eigenvalue weighted by Gasteiger charge is 2.21. The van der Waals surface area contributed by atoms with Crippen LogP contribution >= 0.6 is 11.8 Å². The minimum Gasteiger partial charge on any atom is -0.467 e. The summed E-state index contributed by atoms with van der Waals surface area (Å²) in [4.78, 5) is 6.77. The molecule has 1 unspecified atom stereocenters. The molecule has 5 nitrogen and oxygen atoms in total. The van der Waals surface area contributed by atoms with Gasteiger partial charge in [0.15, 0.2) is 5.96 Å². The standard InChI is InChI=1S/C16H27N3O2S/c1-3-15-12-19(8-11-22-15)16(17-2)18-7-5-9-20-13-14-6-4-10-21-14/h4,6,10,15H,3,5,7-9,11-13H2,1-2H3,(H,17,18). The van der Waals surface area contributed by atoms with Crippen molar-refractivity contribution >= 4 is 17.7 Å². The first-order valence-electron chi connectivity index (χ1n) is 8.00. The van der Waals surface area contributed by atoms with Gasteiger partial charge in [0.1, 0.15) is 12.4 Å². The average molecular weight is 325 g/mol. The molecule has 1 fully saturated rings. The number of rotatable bonds is 7. The summed E-state index contributed by atoms with van der Waals surface area (Å²) in [5.41, 5.74) is 0. The SMILES string of the molecule is CCC1CN(C(=NC)NCCCOCc2ccco2)CCS1. The zero-order valence-electron chi connectivity index (χ0n) is 13.6. The normalized spacial score (nSPS) is 19.5. The van der Waals surface area contributed by atoms with E-state index in [1.165, 1.54) is 12.2 Å². The fourth-order valence-corrected chi connectivity index (χ4v) is 3.61. The Morgan fingerprint density at radius 2 is 2.50 bits per heavy atom. The van der Waals surface area contributed by atoms with Crippen LogP contribution in [0.15, 0.2) is 27.8 Å². The quantitative estimate of drug-likeness (QED) is 0.474. The lowest BCUT2D eigenvalue weighted by molar-refractivity contribution is 0.104. The minimum atomic E-state index is 0.545. The van der Waals surface area contributed by atoms with Crippen LogP contribution in [0, 0.1) is 0 Å². The van der Waals surface area contributed by atoms with E-state index in [4.69, 9.17) is 9.15 Å². The molecule has 0 spiro atoms. The Morgan fingerprint density at radius 1 is 1.59 bits per heavy atom. The van der Waals surface area contributed by atoms with Gasteiger partial charge in [0.2, 0.25) is 0 Å². The summed E-state index contributed by atoms with van der Waals surface area (Å²) >= 11 is 2.08. The van der Waals surface area contributed by atoms with E-state index in [9.17, 15) is 0 Å². The Morgan fingerprint density at radius 3 is 3.23 bits per heavy atom. The molecule has 6 heteroatoms. The van der Waals surface area contributed by atoms with Gasteiger partial charge in [-0.3, -0.25) is 4.99 Å². The Hall–Kier alpha value is -1.14. The molecule has 1 aromatic heterocycles. The first-order valence-corrected chi connectivity index (χ1v) is 9.05. The molecule has 1 atom stereocenters. The van der Waals surface area contributed by atoms with Crippen LogP contribution in [0.2, 0.25) is 0 Å². The lowest BCUT2D eigenvalue weighted by Crippen LogP contribution is -2.48. The molecular formula is C16H27N3O2S. The van der Waals surface area contributed by atoms with E-state index in [1.807, 2.05) is 19.2 Å². The lowest BCUT2D eigenvalue weighted by atomic mass is 10.3. The van der Waals surface area contributed by atoms with Crippen molar-refractivity contribution in [1.82, 2.24) is 10.2 Å². The Balaban J connectivity index is 1.60. The molecule has 1 aliphatic heterocycles. The van der Waals surface area contributed by atoms with Gasteiger partial charge in [0, 0.05) is 44.3 Å². The van der Waals surface area contributed by atoms with Crippen molar-refractivity contribution in [1.29, 1.82) is 0 Å². The molecule has 1 saturated heterocycles. The lowest BCUT2D eigenvalue weighted by Gasteiger charge is -2.34. The largest absolute Gasteiger partial charge is 0.467 e. The number of aliphatic imine (C=N–C) groups is 1. The zero-order valence-corrected chi connectivity index (χ0v) is 14.4. The number of hydrogen-bond acceptors (Lipinski definition) is 4. The predicted octanol–water partition coefficient (Wildman–Crippen LogP) is 2.59. The fourth-order valence-electron chi connectivity index (χ4n) is 2.43. The van der Waals surface area contributed by atoms with E-state index in [2.05, 4.69) is 33.9 Å². The third-order valence-electron chi connectivity index (χ3n) is 3.68. The second-order valence-electron chi connectivity index (χ2n) is 5.31. The van der Waals surface area contributed by atoms with Gasteiger partial charge in [-0.25, -0.2) is 0 Å². The maximum absolute atomic E-state index is 5.58. The summed E-state index contributed by atoms with van der Waals surface area (Å²) in [5.74, 6) is 3.08. The van der Waals surface area contributed by atoms with Gasteiger partial charge in [0.05, 0.1) is 6.26 Å². The molecule has 0 aromatic carbocycles. The highest BCUT2D eigenvalue weighted by atomic mass is 32.2. The highest BCUT2D eigenvalue weighted by Crippen LogP contribution is 2.20. The average Bonchev–Trinajstić information content (AvgIpc) is 3.07. The van der Waals surface area contributed by atoms with Crippen molar-refractivity contribution in [2.45, 2.75) is 31.6 Å². The van der Waals surface area contributed by atoms with E-state index in [0.717, 1.165) is 49.6 Å². The van der Waals surface area contributed by atoms with E-state index in [0.29, 0.717) is 6.61 Å². The van der Waals surface area contributed by atoms with Gasteiger partial charge >= 0.3 is 0 Å². The maximum atomic E-state index is 5.58. The number of ether oxygens (including phenoxy) is 1. The van der Waals surface area contributed by atoms with E-state index < -0.39 is 0 Å². The van der Waals surface area contributed by atoms with Crippen LogP contribution in [-0.4, -0.2) is 55.2 Å². The molecule has 2 heterocycles. The molecule has 0 bridgehead atoms. The molecule has 124 valence electrons. The van der Waals surface area contributed by atoms with Crippen LogP contribution in [0.5, 0.6) is 0 Å². The minimum absolute atomic E-state index is 0.545. The van der Waals surface area contributed by atoms with Gasteiger partial charge in [-0.1, -0.05) is 6.92 Å². The van der Waals surface area contributed by atoms with Crippen LogP contribution in [0.4, 0.5) is 0 Å². The first-order chi connectivity index (χ1) is 10.8. The zero-order chi connectivity index (χ0) is 15.6. The van der Waals surface area contributed by atoms with Crippen molar-refractivity contribution in [2.75, 3.05) is 39.0 Å². The number of thioether (sulfide) groups is 1. The Labute approximate surface area is 137 Å². The number of nitrogens with zero attached hydrogens (tertiary/aromatic N) is 2. The van der Waals surface area contributed by atoms with Crippen LogP contribution in [0.3, 0.4) is 0 Å². The highest BCUT2D eigenvalue weighted by molar-refractivity contribution is 8.00. The van der Waals surface area contributed by atoms with Crippen LogP contribution in [0.1, 0.15) is 25.5 Å². The number of nitrogens with one attached hydrogen (secondary N) is 1. The van der Waals surface area contributed by atoms with Crippen molar-refractivity contribution in [3.8, 4) is 0 Å².